The summed E-state index contributed by atoms with van der Waals surface area (Å²) < 4.78 is 1.75. The van der Waals surface area contributed by atoms with Gasteiger partial charge in [0.2, 0.25) is 0 Å². The van der Waals surface area contributed by atoms with Crippen molar-refractivity contribution < 1.29 is 9.72 Å². The predicted octanol–water partition coefficient (Wildman–Crippen LogP) is 5.59. The van der Waals surface area contributed by atoms with Crippen LogP contribution in [0.15, 0.2) is 66.9 Å². The lowest BCUT2D eigenvalue weighted by atomic mass is 10.1. The summed E-state index contributed by atoms with van der Waals surface area (Å²) in [5.74, 6) is -0.265. The van der Waals surface area contributed by atoms with Gasteiger partial charge in [-0.25, -0.2) is 0 Å². The molecule has 0 radical (unpaired) electrons. The predicted molar refractivity (Wildman–Crippen MR) is 102 cm³/mol. The Kier molecular flexibility index (Phi) is 5.21. The summed E-state index contributed by atoms with van der Waals surface area (Å²) in [5, 5.41) is 11.7. The first-order valence-electron chi connectivity index (χ1n) is 7.55. The Bertz CT molecular complexity index is 1030. The van der Waals surface area contributed by atoms with Crippen LogP contribution in [0.5, 0.6) is 0 Å². The van der Waals surface area contributed by atoms with Gasteiger partial charge < -0.3 is 4.57 Å². The fourth-order valence-electron chi connectivity index (χ4n) is 2.46. The lowest BCUT2D eigenvalue weighted by Crippen LogP contribution is -1.98. The van der Waals surface area contributed by atoms with Crippen molar-refractivity contribution in [2.24, 2.45) is 0 Å². The largest absolute Gasteiger partial charge is 0.317 e. The van der Waals surface area contributed by atoms with Crippen LogP contribution in [-0.2, 0) is 0 Å². The number of benzene rings is 2. The van der Waals surface area contributed by atoms with Gasteiger partial charge in [0.15, 0.2) is 5.78 Å². The number of halogens is 2. The molecule has 0 N–H and O–H groups in total. The number of nitro groups is 1. The van der Waals surface area contributed by atoms with Crippen LogP contribution < -0.4 is 0 Å². The van der Waals surface area contributed by atoms with Gasteiger partial charge in [0.25, 0.3) is 5.69 Å². The zero-order valence-corrected chi connectivity index (χ0v) is 14.8. The molecule has 0 unspecified atom stereocenters. The molecule has 0 saturated carbocycles. The smallest absolute Gasteiger partial charge is 0.271 e. The molecule has 0 bridgehead atoms. The van der Waals surface area contributed by atoms with Gasteiger partial charge in [0, 0.05) is 34.6 Å². The number of non-ortho nitro benzene ring substituents is 1. The molecule has 0 aliphatic heterocycles. The first-order valence-corrected chi connectivity index (χ1v) is 8.31. The monoisotopic (exact) mass is 386 g/mol. The fourth-order valence-corrected chi connectivity index (χ4v) is 2.96. The van der Waals surface area contributed by atoms with E-state index in [1.165, 1.54) is 24.3 Å². The van der Waals surface area contributed by atoms with Gasteiger partial charge in [-0.15, -0.1) is 0 Å². The van der Waals surface area contributed by atoms with E-state index < -0.39 is 4.92 Å². The summed E-state index contributed by atoms with van der Waals surface area (Å²) >= 11 is 11.9. The van der Waals surface area contributed by atoms with E-state index in [1.54, 1.807) is 53.2 Å². The highest BCUT2D eigenvalue weighted by molar-refractivity contribution is 6.37. The summed E-state index contributed by atoms with van der Waals surface area (Å²) in [5.41, 5.74) is 1.67. The molecule has 1 aromatic heterocycles. The van der Waals surface area contributed by atoms with E-state index in [9.17, 15) is 14.9 Å². The van der Waals surface area contributed by atoms with Crippen molar-refractivity contribution in [1.82, 2.24) is 4.57 Å². The number of allylic oxidation sites excluding steroid dienone is 1. The first-order chi connectivity index (χ1) is 12.5. The Labute approximate surface area is 159 Å². The molecule has 130 valence electrons. The molecule has 2 aromatic carbocycles. The van der Waals surface area contributed by atoms with Crippen molar-refractivity contribution in [3.05, 3.63) is 98.3 Å². The number of ketones is 1. The highest BCUT2D eigenvalue weighted by Crippen LogP contribution is 2.23. The van der Waals surface area contributed by atoms with Crippen LogP contribution in [0.4, 0.5) is 5.69 Å². The molecule has 0 amide bonds. The first kappa shape index (κ1) is 17.9. The number of carbonyl (C=O) groups excluding carboxylic acids is 1. The highest BCUT2D eigenvalue weighted by atomic mass is 35.5. The Hall–Kier alpha value is -2.89. The van der Waals surface area contributed by atoms with Crippen molar-refractivity contribution in [3.63, 3.8) is 0 Å². The quantitative estimate of drug-likeness (QED) is 0.248. The van der Waals surface area contributed by atoms with E-state index in [-0.39, 0.29) is 16.5 Å². The number of rotatable bonds is 5. The van der Waals surface area contributed by atoms with Crippen molar-refractivity contribution >= 4 is 40.7 Å². The van der Waals surface area contributed by atoms with Crippen molar-refractivity contribution in [3.8, 4) is 5.69 Å². The third-order valence-electron chi connectivity index (χ3n) is 3.70. The maximum atomic E-state index is 12.4. The number of carbonyl (C=O) groups is 1. The minimum absolute atomic E-state index is 0.00449. The molecule has 3 rings (SSSR count). The second kappa shape index (κ2) is 7.56. The van der Waals surface area contributed by atoms with Crippen molar-refractivity contribution in [2.45, 2.75) is 0 Å². The SMILES string of the molecule is O=C(/C=C/c1cccn1-c1cccc([N+](=O)[O-])c1)c1ccc(Cl)cc1Cl. The number of aromatic nitrogens is 1. The van der Waals surface area contributed by atoms with E-state index in [1.807, 2.05) is 0 Å². The van der Waals surface area contributed by atoms with Gasteiger partial charge >= 0.3 is 0 Å². The number of hydrogen-bond acceptors (Lipinski definition) is 3. The van der Waals surface area contributed by atoms with E-state index in [4.69, 9.17) is 23.2 Å². The van der Waals surface area contributed by atoms with Crippen LogP contribution in [0, 0.1) is 10.1 Å². The molecule has 3 aromatic rings. The maximum absolute atomic E-state index is 12.4. The number of nitro benzene ring substituents is 1. The van der Waals surface area contributed by atoms with Crippen LogP contribution in [0.2, 0.25) is 10.0 Å². The van der Waals surface area contributed by atoms with Crippen molar-refractivity contribution in [1.29, 1.82) is 0 Å². The average molecular weight is 387 g/mol. The van der Waals surface area contributed by atoms with E-state index in [0.717, 1.165) is 0 Å². The van der Waals surface area contributed by atoms with Gasteiger partial charge in [0.05, 0.1) is 15.6 Å². The zero-order chi connectivity index (χ0) is 18.7. The lowest BCUT2D eigenvalue weighted by molar-refractivity contribution is -0.384. The average Bonchev–Trinajstić information content (AvgIpc) is 3.08. The molecule has 1 heterocycles. The summed E-state index contributed by atoms with van der Waals surface area (Å²) in [6, 6.07) is 14.5. The van der Waals surface area contributed by atoms with Gasteiger partial charge in [-0.2, -0.15) is 0 Å². The number of nitrogens with zero attached hydrogens (tertiary/aromatic N) is 2. The van der Waals surface area contributed by atoms with E-state index in [0.29, 0.717) is 22.0 Å². The molecule has 0 fully saturated rings. The second-order valence-corrected chi connectivity index (χ2v) is 6.25. The summed E-state index contributed by atoms with van der Waals surface area (Å²) in [6.07, 6.45) is 4.79. The Balaban J connectivity index is 1.89. The Morgan fingerprint density at radius 1 is 1.08 bits per heavy atom. The molecule has 0 aliphatic carbocycles. The second-order valence-electron chi connectivity index (χ2n) is 5.40. The molecule has 0 spiro atoms. The highest BCUT2D eigenvalue weighted by Gasteiger charge is 2.10. The molecular weight excluding hydrogens is 375 g/mol. The summed E-state index contributed by atoms with van der Waals surface area (Å²) in [7, 11) is 0. The summed E-state index contributed by atoms with van der Waals surface area (Å²) in [6.45, 7) is 0. The minimum Gasteiger partial charge on any atom is -0.317 e. The van der Waals surface area contributed by atoms with Gasteiger partial charge in [-0.05, 0) is 48.6 Å². The standard InChI is InChI=1S/C19H12Cl2N2O3/c20-13-6-8-17(18(21)11-13)19(24)9-7-14-5-2-10-22(14)15-3-1-4-16(12-15)23(25)26/h1-12H/b9-7+. The molecule has 0 atom stereocenters. The van der Waals surface area contributed by atoms with Crippen LogP contribution in [-0.4, -0.2) is 15.3 Å². The molecule has 0 aliphatic rings. The molecular formula is C19H12Cl2N2O3. The van der Waals surface area contributed by atoms with Crippen molar-refractivity contribution in [2.75, 3.05) is 0 Å². The molecule has 0 saturated heterocycles. The molecule has 26 heavy (non-hydrogen) atoms. The zero-order valence-electron chi connectivity index (χ0n) is 13.3. The Morgan fingerprint density at radius 2 is 1.88 bits per heavy atom. The lowest BCUT2D eigenvalue weighted by Gasteiger charge is -2.06. The topological polar surface area (TPSA) is 65.1 Å². The Morgan fingerprint density at radius 3 is 2.62 bits per heavy atom. The van der Waals surface area contributed by atoms with Crippen LogP contribution in [0.3, 0.4) is 0 Å². The number of hydrogen-bond donors (Lipinski definition) is 0. The van der Waals surface area contributed by atoms with Gasteiger partial charge in [-0.3, -0.25) is 14.9 Å². The van der Waals surface area contributed by atoms with Crippen LogP contribution >= 0.6 is 23.2 Å². The van der Waals surface area contributed by atoms with Gasteiger partial charge in [0.1, 0.15) is 0 Å². The summed E-state index contributed by atoms with van der Waals surface area (Å²) in [4.78, 5) is 22.9. The third-order valence-corrected chi connectivity index (χ3v) is 4.25. The van der Waals surface area contributed by atoms with Crippen LogP contribution in [0.1, 0.15) is 16.1 Å². The maximum Gasteiger partial charge on any atom is 0.271 e. The fraction of sp³-hybridized carbons (Fsp3) is 0. The van der Waals surface area contributed by atoms with E-state index in [2.05, 4.69) is 0 Å². The molecule has 5 nitrogen and oxygen atoms in total. The minimum atomic E-state index is -0.450. The van der Waals surface area contributed by atoms with Crippen LogP contribution in [0.25, 0.3) is 11.8 Å². The van der Waals surface area contributed by atoms with E-state index >= 15 is 0 Å². The molecule has 7 heteroatoms. The third kappa shape index (κ3) is 3.85. The normalized spacial score (nSPS) is 11.0. The van der Waals surface area contributed by atoms with Gasteiger partial charge in [-0.1, -0.05) is 29.3 Å².